The molecular formula is C24H34N8O3S. The van der Waals surface area contributed by atoms with Crippen LogP contribution in [-0.2, 0) is 16.0 Å². The summed E-state index contributed by atoms with van der Waals surface area (Å²) >= 11 is 1.47. The molecule has 0 spiro atoms. The molecule has 0 unspecified atom stereocenters. The molecule has 3 aromatic rings. The van der Waals surface area contributed by atoms with Crippen molar-refractivity contribution in [3.8, 4) is 0 Å². The van der Waals surface area contributed by atoms with Gasteiger partial charge in [0.15, 0.2) is 5.13 Å². The third kappa shape index (κ3) is 7.70. The quantitative estimate of drug-likeness (QED) is 0.382. The summed E-state index contributed by atoms with van der Waals surface area (Å²) in [5.41, 5.74) is 1.16. The van der Waals surface area contributed by atoms with Crippen LogP contribution in [0.15, 0.2) is 24.4 Å². The lowest BCUT2D eigenvalue weighted by Crippen LogP contribution is -2.45. The summed E-state index contributed by atoms with van der Waals surface area (Å²) in [5, 5.41) is 9.96. The topological polar surface area (TPSA) is 126 Å². The molecule has 4 rings (SSSR count). The third-order valence-corrected chi connectivity index (χ3v) is 6.03. The number of ether oxygens (including phenoxy) is 2. The first-order valence-electron chi connectivity index (χ1n) is 12.1. The smallest absolute Gasteiger partial charge is 0.407 e. The van der Waals surface area contributed by atoms with Crippen molar-refractivity contribution in [1.29, 1.82) is 0 Å². The van der Waals surface area contributed by atoms with E-state index in [4.69, 9.17) is 14.5 Å². The summed E-state index contributed by atoms with van der Waals surface area (Å²) in [6, 6.07) is 5.74. The number of carbonyl (C=O) groups excluding carboxylic acids is 1. The lowest BCUT2D eigenvalue weighted by atomic mass is 10.2. The molecule has 12 heteroatoms. The van der Waals surface area contributed by atoms with Crippen molar-refractivity contribution in [2.45, 2.75) is 59.0 Å². The maximum Gasteiger partial charge on any atom is 0.407 e. The summed E-state index contributed by atoms with van der Waals surface area (Å²) < 4.78 is 11.1. The Morgan fingerprint density at radius 3 is 2.69 bits per heavy atom. The maximum absolute atomic E-state index is 11.9. The van der Waals surface area contributed by atoms with E-state index >= 15 is 0 Å². The highest BCUT2D eigenvalue weighted by atomic mass is 32.1. The average molecular weight is 515 g/mol. The van der Waals surface area contributed by atoms with E-state index in [9.17, 15) is 4.79 Å². The number of hydrogen-bond donors (Lipinski definition) is 3. The first-order valence-corrected chi connectivity index (χ1v) is 12.9. The highest BCUT2D eigenvalue weighted by molar-refractivity contribution is 7.21. The highest BCUT2D eigenvalue weighted by Crippen LogP contribution is 2.27. The fraction of sp³-hybridized carbons (Fsp3) is 0.542. The van der Waals surface area contributed by atoms with Gasteiger partial charge in [-0.25, -0.2) is 19.7 Å². The average Bonchev–Trinajstić information content (AvgIpc) is 3.17. The summed E-state index contributed by atoms with van der Waals surface area (Å²) in [6.45, 7) is 12.8. The maximum atomic E-state index is 11.9. The van der Waals surface area contributed by atoms with Gasteiger partial charge in [-0.05, 0) is 46.8 Å². The number of aromatic nitrogens is 4. The Morgan fingerprint density at radius 1 is 1.19 bits per heavy atom. The minimum atomic E-state index is -0.542. The van der Waals surface area contributed by atoms with Crippen LogP contribution in [0.3, 0.4) is 0 Å². The molecule has 36 heavy (non-hydrogen) atoms. The molecule has 194 valence electrons. The number of fused-ring (bicyclic) bond motifs is 1. The second-order valence-electron chi connectivity index (χ2n) is 9.85. The van der Waals surface area contributed by atoms with Crippen molar-refractivity contribution < 1.29 is 14.3 Å². The Bertz CT molecular complexity index is 1140. The van der Waals surface area contributed by atoms with E-state index in [0.717, 1.165) is 29.1 Å². The third-order valence-electron chi connectivity index (χ3n) is 5.14. The van der Waals surface area contributed by atoms with Gasteiger partial charge in [-0.1, -0.05) is 11.3 Å². The zero-order valence-electron chi connectivity index (χ0n) is 21.4. The molecular weight excluding hydrogens is 480 g/mol. The number of amides is 1. The van der Waals surface area contributed by atoms with Crippen LogP contribution in [0.5, 0.6) is 0 Å². The molecule has 4 heterocycles. The number of carbonyl (C=O) groups is 1. The van der Waals surface area contributed by atoms with E-state index in [1.807, 2.05) is 39.0 Å². The van der Waals surface area contributed by atoms with Gasteiger partial charge in [-0.2, -0.15) is 4.98 Å². The lowest BCUT2D eigenvalue weighted by Gasteiger charge is -2.35. The SMILES string of the molecule is C[C@@H]1CN(Cc2cc(Nc3nc4cccnc4s3)nc(NCCNC(=O)OC(C)(C)C)n2)C[C@H](C)O1. The van der Waals surface area contributed by atoms with Gasteiger partial charge in [0.05, 0.1) is 17.9 Å². The molecule has 2 atom stereocenters. The number of rotatable bonds is 8. The molecule has 1 aliphatic heterocycles. The predicted molar refractivity (Wildman–Crippen MR) is 141 cm³/mol. The molecule has 1 aliphatic rings. The van der Waals surface area contributed by atoms with E-state index in [0.29, 0.717) is 36.5 Å². The van der Waals surface area contributed by atoms with Crippen LogP contribution >= 0.6 is 11.3 Å². The molecule has 11 nitrogen and oxygen atoms in total. The van der Waals surface area contributed by atoms with Crippen LogP contribution in [-0.4, -0.2) is 74.9 Å². The fourth-order valence-electron chi connectivity index (χ4n) is 3.95. The Kier molecular flexibility index (Phi) is 8.17. The zero-order chi connectivity index (χ0) is 25.7. The standard InChI is InChI=1S/C24H34N8O3S/c1-15-12-32(13-16(2)34-15)14-17-11-19(31-22-29-18-7-6-8-25-20(18)36-22)30-21(28-17)26-9-10-27-23(33)35-24(3,4)5/h6-8,11,15-16H,9-10,12-14H2,1-5H3,(H,27,33)(H2,26,28,29,30,31)/t15-,16+. The van der Waals surface area contributed by atoms with Gasteiger partial charge in [0.25, 0.3) is 0 Å². The monoisotopic (exact) mass is 514 g/mol. The molecule has 0 bridgehead atoms. The lowest BCUT2D eigenvalue weighted by molar-refractivity contribution is -0.0707. The van der Waals surface area contributed by atoms with Crippen molar-refractivity contribution in [3.05, 3.63) is 30.1 Å². The van der Waals surface area contributed by atoms with Crippen LogP contribution in [0.1, 0.15) is 40.3 Å². The van der Waals surface area contributed by atoms with Gasteiger partial charge in [-0.3, -0.25) is 4.90 Å². The fourth-order valence-corrected chi connectivity index (χ4v) is 4.76. The molecule has 3 N–H and O–H groups in total. The van der Waals surface area contributed by atoms with E-state index in [1.165, 1.54) is 11.3 Å². The number of hydrogen-bond acceptors (Lipinski definition) is 11. The number of morpholine rings is 1. The number of nitrogens with zero attached hydrogens (tertiary/aromatic N) is 5. The molecule has 0 radical (unpaired) electrons. The molecule has 0 aromatic carbocycles. The van der Waals surface area contributed by atoms with Crippen LogP contribution in [0.4, 0.5) is 21.7 Å². The van der Waals surface area contributed by atoms with E-state index in [2.05, 4.69) is 49.6 Å². The largest absolute Gasteiger partial charge is 0.444 e. The van der Waals surface area contributed by atoms with Crippen LogP contribution in [0.25, 0.3) is 10.3 Å². The summed E-state index contributed by atoms with van der Waals surface area (Å²) in [7, 11) is 0. The molecule has 1 fully saturated rings. The summed E-state index contributed by atoms with van der Waals surface area (Å²) in [5.74, 6) is 1.10. The van der Waals surface area contributed by atoms with Crippen LogP contribution in [0, 0.1) is 0 Å². The Balaban J connectivity index is 1.45. The molecule has 1 saturated heterocycles. The van der Waals surface area contributed by atoms with Crippen LogP contribution in [0.2, 0.25) is 0 Å². The number of pyridine rings is 1. The Labute approximate surface area is 215 Å². The number of alkyl carbamates (subject to hydrolysis) is 1. The van der Waals surface area contributed by atoms with E-state index < -0.39 is 11.7 Å². The van der Waals surface area contributed by atoms with Gasteiger partial charge in [0.2, 0.25) is 5.95 Å². The van der Waals surface area contributed by atoms with Gasteiger partial charge in [0, 0.05) is 45.0 Å². The van der Waals surface area contributed by atoms with Crippen molar-refractivity contribution in [3.63, 3.8) is 0 Å². The van der Waals surface area contributed by atoms with Crippen molar-refractivity contribution in [2.75, 3.05) is 36.8 Å². The number of anilines is 3. The van der Waals surface area contributed by atoms with Crippen molar-refractivity contribution in [2.24, 2.45) is 0 Å². The first kappa shape index (κ1) is 26.0. The van der Waals surface area contributed by atoms with E-state index in [-0.39, 0.29) is 12.2 Å². The van der Waals surface area contributed by atoms with Crippen molar-refractivity contribution in [1.82, 2.24) is 30.2 Å². The van der Waals surface area contributed by atoms with Crippen molar-refractivity contribution >= 4 is 44.7 Å². The molecule has 3 aromatic heterocycles. The molecule has 1 amide bonds. The predicted octanol–water partition coefficient (Wildman–Crippen LogP) is 3.77. The van der Waals surface area contributed by atoms with Gasteiger partial charge in [-0.15, -0.1) is 0 Å². The summed E-state index contributed by atoms with van der Waals surface area (Å²) in [4.78, 5) is 33.4. The molecule has 0 aliphatic carbocycles. The Hall–Kier alpha value is -3.09. The van der Waals surface area contributed by atoms with Gasteiger partial charge >= 0.3 is 6.09 Å². The zero-order valence-corrected chi connectivity index (χ0v) is 22.2. The Morgan fingerprint density at radius 2 is 1.97 bits per heavy atom. The minimum Gasteiger partial charge on any atom is -0.444 e. The minimum absolute atomic E-state index is 0.167. The van der Waals surface area contributed by atoms with Gasteiger partial charge < -0.3 is 25.4 Å². The molecule has 0 saturated carbocycles. The van der Waals surface area contributed by atoms with Gasteiger partial charge in [0.1, 0.15) is 21.8 Å². The number of nitrogens with one attached hydrogen (secondary N) is 3. The summed E-state index contributed by atoms with van der Waals surface area (Å²) in [6.07, 6.45) is 1.63. The second-order valence-corrected chi connectivity index (χ2v) is 10.8. The highest BCUT2D eigenvalue weighted by Gasteiger charge is 2.23. The first-order chi connectivity index (χ1) is 17.1. The van der Waals surface area contributed by atoms with E-state index in [1.54, 1.807) is 6.20 Å². The number of thiazole rings is 1. The normalized spacial score (nSPS) is 18.7. The van der Waals surface area contributed by atoms with Crippen LogP contribution < -0.4 is 16.0 Å². The second kappa shape index (κ2) is 11.3.